The molecule has 2 saturated heterocycles. The van der Waals surface area contributed by atoms with Crippen LogP contribution in [0, 0.1) is 11.8 Å². The largest absolute Gasteiger partial charge is 0.460 e. The van der Waals surface area contributed by atoms with Crippen LogP contribution in [0.2, 0.25) is 0 Å². The average molecular weight is 445 g/mol. The Bertz CT molecular complexity index is 804. The molecule has 2 amide bonds. The molecule has 0 spiro atoms. The second-order valence-corrected chi connectivity index (χ2v) is 9.80. The minimum absolute atomic E-state index is 0.0352. The highest BCUT2D eigenvalue weighted by molar-refractivity contribution is 5.99. The van der Waals surface area contributed by atoms with E-state index in [-0.39, 0.29) is 30.6 Å². The third kappa shape index (κ3) is 6.02. The molecule has 0 aliphatic carbocycles. The van der Waals surface area contributed by atoms with Crippen LogP contribution in [-0.2, 0) is 25.7 Å². The number of esters is 1. The molecule has 0 saturated carbocycles. The molecule has 3 atom stereocenters. The van der Waals surface area contributed by atoms with E-state index in [0.717, 1.165) is 18.4 Å². The summed E-state index contributed by atoms with van der Waals surface area (Å²) in [6.45, 7) is 9.55. The molecule has 2 fully saturated rings. The van der Waals surface area contributed by atoms with Gasteiger partial charge in [-0.25, -0.2) is 4.79 Å². The van der Waals surface area contributed by atoms with Crippen molar-refractivity contribution in [1.82, 2.24) is 9.80 Å². The van der Waals surface area contributed by atoms with Crippen LogP contribution in [0.15, 0.2) is 30.3 Å². The van der Waals surface area contributed by atoms with Crippen LogP contribution in [0.5, 0.6) is 0 Å². The zero-order valence-corrected chi connectivity index (χ0v) is 19.7. The molecule has 0 aromatic heterocycles. The van der Waals surface area contributed by atoms with Gasteiger partial charge in [-0.15, -0.1) is 0 Å². The van der Waals surface area contributed by atoms with Crippen LogP contribution in [0.4, 0.5) is 4.79 Å². The molecule has 0 bridgehead atoms. The van der Waals surface area contributed by atoms with Gasteiger partial charge in [0.1, 0.15) is 18.1 Å². The maximum Gasteiger partial charge on any atom is 0.410 e. The van der Waals surface area contributed by atoms with Gasteiger partial charge in [0.15, 0.2) is 0 Å². The van der Waals surface area contributed by atoms with E-state index in [1.807, 2.05) is 56.0 Å². The molecule has 1 aromatic rings. The van der Waals surface area contributed by atoms with Gasteiger partial charge < -0.3 is 19.3 Å². The Morgan fingerprint density at radius 1 is 1.09 bits per heavy atom. The van der Waals surface area contributed by atoms with Crippen molar-refractivity contribution < 1.29 is 23.9 Å². The number of nitrogens with zero attached hydrogens (tertiary/aromatic N) is 2. The first-order valence-electron chi connectivity index (χ1n) is 11.7. The van der Waals surface area contributed by atoms with E-state index in [1.54, 1.807) is 4.90 Å². The highest BCUT2D eigenvalue weighted by atomic mass is 16.6. The monoisotopic (exact) mass is 444 g/mol. The molecular weight excluding hydrogens is 408 g/mol. The Kier molecular flexibility index (Phi) is 7.80. The maximum atomic E-state index is 13.1. The number of carbonyl (C=O) groups is 3. The SMILES string of the molecule is CCC[C@H]1CN(C(=O)OC(C)(C)C)CC[C@@H]1N1CC[C@H](C(=O)OCc2ccccc2)C1=O. The molecule has 7 heteroatoms. The van der Waals surface area contributed by atoms with Gasteiger partial charge in [0.25, 0.3) is 0 Å². The van der Waals surface area contributed by atoms with Gasteiger partial charge >= 0.3 is 12.1 Å². The predicted octanol–water partition coefficient (Wildman–Crippen LogP) is 4.00. The number of hydrogen-bond donors (Lipinski definition) is 0. The number of carbonyl (C=O) groups excluding carboxylic acids is 3. The van der Waals surface area contributed by atoms with Crippen molar-refractivity contribution in [1.29, 1.82) is 0 Å². The van der Waals surface area contributed by atoms with Crippen molar-refractivity contribution >= 4 is 18.0 Å². The minimum atomic E-state index is -0.732. The summed E-state index contributed by atoms with van der Waals surface area (Å²) in [5.74, 6) is -1.14. The van der Waals surface area contributed by atoms with E-state index >= 15 is 0 Å². The fraction of sp³-hybridized carbons (Fsp3) is 0.640. The summed E-state index contributed by atoms with van der Waals surface area (Å²) >= 11 is 0. The lowest BCUT2D eigenvalue weighted by molar-refractivity contribution is -0.154. The summed E-state index contributed by atoms with van der Waals surface area (Å²) in [5.41, 5.74) is 0.368. The number of benzene rings is 1. The van der Waals surface area contributed by atoms with Gasteiger partial charge in [-0.1, -0.05) is 43.7 Å². The summed E-state index contributed by atoms with van der Waals surface area (Å²) in [7, 11) is 0. The summed E-state index contributed by atoms with van der Waals surface area (Å²) < 4.78 is 11.0. The van der Waals surface area contributed by atoms with Gasteiger partial charge in [-0.2, -0.15) is 0 Å². The van der Waals surface area contributed by atoms with Crippen molar-refractivity contribution in [2.75, 3.05) is 19.6 Å². The minimum Gasteiger partial charge on any atom is -0.460 e. The fourth-order valence-corrected chi connectivity index (χ4v) is 4.66. The van der Waals surface area contributed by atoms with Crippen LogP contribution in [0.25, 0.3) is 0 Å². The Labute approximate surface area is 191 Å². The van der Waals surface area contributed by atoms with Crippen molar-refractivity contribution in [2.45, 2.75) is 71.6 Å². The van der Waals surface area contributed by atoms with Gasteiger partial charge in [0.05, 0.1) is 0 Å². The highest BCUT2D eigenvalue weighted by Gasteiger charge is 2.45. The van der Waals surface area contributed by atoms with Crippen molar-refractivity contribution in [3.63, 3.8) is 0 Å². The lowest BCUT2D eigenvalue weighted by Gasteiger charge is -2.43. The summed E-state index contributed by atoms with van der Waals surface area (Å²) in [6.07, 6.45) is 2.76. The van der Waals surface area contributed by atoms with Crippen molar-refractivity contribution in [3.05, 3.63) is 35.9 Å². The van der Waals surface area contributed by atoms with Crippen molar-refractivity contribution in [3.8, 4) is 0 Å². The molecule has 3 rings (SSSR count). The second-order valence-electron chi connectivity index (χ2n) is 9.80. The molecule has 0 N–H and O–H groups in total. The number of rotatable bonds is 6. The zero-order chi connectivity index (χ0) is 23.3. The van der Waals surface area contributed by atoms with E-state index in [0.29, 0.717) is 32.5 Å². The molecule has 7 nitrogen and oxygen atoms in total. The Morgan fingerprint density at radius 3 is 2.47 bits per heavy atom. The third-order valence-corrected chi connectivity index (χ3v) is 6.15. The fourth-order valence-electron chi connectivity index (χ4n) is 4.66. The summed E-state index contributed by atoms with van der Waals surface area (Å²) in [4.78, 5) is 41.9. The number of amides is 2. The first kappa shape index (κ1) is 24.1. The van der Waals surface area contributed by atoms with Crippen LogP contribution >= 0.6 is 0 Å². The predicted molar refractivity (Wildman–Crippen MR) is 121 cm³/mol. The highest BCUT2D eigenvalue weighted by Crippen LogP contribution is 2.32. The average Bonchev–Trinajstić information content (AvgIpc) is 3.13. The normalized spacial score (nSPS) is 23.9. The Balaban J connectivity index is 1.60. The van der Waals surface area contributed by atoms with Gasteiger partial charge in [-0.05, 0) is 51.5 Å². The lowest BCUT2D eigenvalue weighted by atomic mass is 9.87. The summed E-state index contributed by atoms with van der Waals surface area (Å²) in [5, 5.41) is 0. The molecule has 2 aliphatic rings. The molecule has 176 valence electrons. The standard InChI is InChI=1S/C25H36N2O5/c1-5-9-19-16-26(24(30)32-25(2,3)4)14-13-21(19)27-15-12-20(22(27)28)23(29)31-17-18-10-7-6-8-11-18/h6-8,10-11,19-21H,5,9,12-17H2,1-4H3/t19-,20-,21-/m0/s1. The second kappa shape index (κ2) is 10.4. The topological polar surface area (TPSA) is 76.2 Å². The molecule has 32 heavy (non-hydrogen) atoms. The van der Waals surface area contributed by atoms with E-state index in [9.17, 15) is 14.4 Å². The number of ether oxygens (including phenoxy) is 2. The molecule has 0 unspecified atom stereocenters. The Hall–Kier alpha value is -2.57. The number of hydrogen-bond acceptors (Lipinski definition) is 5. The van der Waals surface area contributed by atoms with Gasteiger partial charge in [0, 0.05) is 25.7 Å². The first-order chi connectivity index (χ1) is 15.2. The Morgan fingerprint density at radius 2 is 1.81 bits per heavy atom. The van der Waals surface area contributed by atoms with Crippen LogP contribution in [-0.4, -0.2) is 59.0 Å². The third-order valence-electron chi connectivity index (χ3n) is 6.15. The van der Waals surface area contributed by atoms with E-state index in [1.165, 1.54) is 0 Å². The quantitative estimate of drug-likeness (QED) is 0.490. The van der Waals surface area contributed by atoms with Crippen LogP contribution in [0.1, 0.15) is 58.9 Å². The molecule has 2 aliphatic heterocycles. The van der Waals surface area contributed by atoms with Crippen molar-refractivity contribution in [2.24, 2.45) is 11.8 Å². The van der Waals surface area contributed by atoms with Gasteiger partial charge in [-0.3, -0.25) is 9.59 Å². The lowest BCUT2D eigenvalue weighted by Crippen LogP contribution is -2.54. The van der Waals surface area contributed by atoms with Crippen LogP contribution < -0.4 is 0 Å². The molecule has 2 heterocycles. The smallest absolute Gasteiger partial charge is 0.410 e. The van der Waals surface area contributed by atoms with E-state index in [4.69, 9.17) is 9.47 Å². The number of piperidine rings is 1. The van der Waals surface area contributed by atoms with E-state index < -0.39 is 17.5 Å². The summed E-state index contributed by atoms with van der Waals surface area (Å²) in [6, 6.07) is 9.51. The molecule has 1 aromatic carbocycles. The molecule has 0 radical (unpaired) electrons. The van der Waals surface area contributed by atoms with Crippen LogP contribution in [0.3, 0.4) is 0 Å². The van der Waals surface area contributed by atoms with Gasteiger partial charge in [0.2, 0.25) is 5.91 Å². The first-order valence-corrected chi connectivity index (χ1v) is 11.7. The number of likely N-dealkylation sites (tertiary alicyclic amines) is 2. The van der Waals surface area contributed by atoms with E-state index in [2.05, 4.69) is 6.92 Å². The molecular formula is C25H36N2O5. The zero-order valence-electron chi connectivity index (χ0n) is 19.7. The maximum absolute atomic E-state index is 13.1.